The van der Waals surface area contributed by atoms with E-state index in [4.69, 9.17) is 0 Å². The number of benzene rings is 4. The summed E-state index contributed by atoms with van der Waals surface area (Å²) in [6.07, 6.45) is -4.49. The van der Waals surface area contributed by atoms with E-state index in [1.807, 2.05) is 24.3 Å². The lowest BCUT2D eigenvalue weighted by molar-refractivity contribution is -0.137. The number of nitrogens with zero attached hydrogens (tertiary/aromatic N) is 3. The summed E-state index contributed by atoms with van der Waals surface area (Å²) in [7, 11) is 2.14. The summed E-state index contributed by atoms with van der Waals surface area (Å²) >= 11 is 0. The Morgan fingerprint density at radius 1 is 0.833 bits per heavy atom. The number of amides is 1. The third-order valence-corrected chi connectivity index (χ3v) is 7.47. The van der Waals surface area contributed by atoms with Gasteiger partial charge in [0.25, 0.3) is 5.91 Å². The molecule has 1 aliphatic heterocycles. The molecule has 0 saturated carbocycles. The quantitative estimate of drug-likeness (QED) is 0.205. The minimum atomic E-state index is -4.49. The first-order chi connectivity index (χ1) is 20.2. The molecule has 10 heteroatoms. The zero-order chi connectivity index (χ0) is 29.3. The molecule has 0 spiro atoms. The van der Waals surface area contributed by atoms with Gasteiger partial charge in [-0.15, -0.1) is 0 Å². The molecule has 6 rings (SSSR count). The summed E-state index contributed by atoms with van der Waals surface area (Å²) < 4.78 is 39.2. The standard InChI is InChI=1S/C32H29F3N6O/c1-40-14-16-41(17-15-40)27-11-9-25(10-12-27)36-30-28-13-8-22(19-29(28)38-39-30)21-4-2-5-23(18-21)31(42)37-26-7-3-6-24(20-26)32(33,34)35/h2-13,18-20H,14-17H2,1H3,(H,37,42)(H2,36,38,39). The highest BCUT2D eigenvalue weighted by atomic mass is 19.4. The third kappa shape index (κ3) is 5.94. The first kappa shape index (κ1) is 27.3. The second-order valence-corrected chi connectivity index (χ2v) is 10.4. The summed E-state index contributed by atoms with van der Waals surface area (Å²) in [5.74, 6) is 0.210. The second kappa shape index (κ2) is 11.2. The number of rotatable bonds is 6. The number of halogens is 3. The van der Waals surface area contributed by atoms with Crippen molar-refractivity contribution in [3.05, 3.63) is 102 Å². The van der Waals surface area contributed by atoms with Crippen molar-refractivity contribution in [2.24, 2.45) is 0 Å². The second-order valence-electron chi connectivity index (χ2n) is 10.4. The fourth-order valence-corrected chi connectivity index (χ4v) is 5.07. The van der Waals surface area contributed by atoms with Crippen LogP contribution in [0.25, 0.3) is 22.0 Å². The van der Waals surface area contributed by atoms with Crippen LogP contribution in [0.15, 0.2) is 91.0 Å². The van der Waals surface area contributed by atoms with E-state index in [0.717, 1.165) is 66.0 Å². The fourth-order valence-electron chi connectivity index (χ4n) is 5.07. The monoisotopic (exact) mass is 570 g/mol. The van der Waals surface area contributed by atoms with Gasteiger partial charge >= 0.3 is 6.18 Å². The Labute approximate surface area is 241 Å². The van der Waals surface area contributed by atoms with Crippen molar-refractivity contribution >= 4 is 39.7 Å². The summed E-state index contributed by atoms with van der Waals surface area (Å²) in [4.78, 5) is 17.6. The number of nitrogens with one attached hydrogen (secondary N) is 3. The van der Waals surface area contributed by atoms with Crippen molar-refractivity contribution in [3.63, 3.8) is 0 Å². The number of H-pyrrole nitrogens is 1. The maximum atomic E-state index is 13.1. The van der Waals surface area contributed by atoms with E-state index in [2.05, 4.69) is 61.9 Å². The van der Waals surface area contributed by atoms with Gasteiger partial charge in [0.05, 0.1) is 11.1 Å². The number of aromatic nitrogens is 2. The molecule has 1 saturated heterocycles. The van der Waals surface area contributed by atoms with Crippen molar-refractivity contribution < 1.29 is 18.0 Å². The maximum Gasteiger partial charge on any atom is 0.416 e. The van der Waals surface area contributed by atoms with Crippen molar-refractivity contribution in [1.82, 2.24) is 15.1 Å². The number of piperazine rings is 1. The lowest BCUT2D eigenvalue weighted by atomic mass is 10.0. The van der Waals surface area contributed by atoms with Crippen LogP contribution in [0.5, 0.6) is 0 Å². The molecular weight excluding hydrogens is 541 g/mol. The predicted molar refractivity (Wildman–Crippen MR) is 160 cm³/mol. The van der Waals surface area contributed by atoms with Crippen LogP contribution >= 0.6 is 0 Å². The van der Waals surface area contributed by atoms with Gasteiger partial charge in [-0.25, -0.2) is 0 Å². The Morgan fingerprint density at radius 2 is 1.57 bits per heavy atom. The van der Waals surface area contributed by atoms with Crippen molar-refractivity contribution in [3.8, 4) is 11.1 Å². The van der Waals surface area contributed by atoms with Gasteiger partial charge in [-0.3, -0.25) is 9.89 Å². The van der Waals surface area contributed by atoms with Crippen LogP contribution < -0.4 is 15.5 Å². The number of likely N-dealkylation sites (N-methyl/N-ethyl adjacent to an activating group) is 1. The van der Waals surface area contributed by atoms with Gasteiger partial charge in [0.2, 0.25) is 0 Å². The van der Waals surface area contributed by atoms with Gasteiger partial charge < -0.3 is 20.4 Å². The number of carbonyl (C=O) groups is 1. The highest BCUT2D eigenvalue weighted by Gasteiger charge is 2.30. The number of carbonyl (C=O) groups excluding carboxylic acids is 1. The predicted octanol–water partition coefficient (Wildman–Crippen LogP) is 7.00. The first-order valence-corrected chi connectivity index (χ1v) is 13.6. The van der Waals surface area contributed by atoms with Gasteiger partial charge in [-0.05, 0) is 84.9 Å². The summed E-state index contributed by atoms with van der Waals surface area (Å²) in [6.45, 7) is 4.13. The molecule has 4 aromatic carbocycles. The number of fused-ring (bicyclic) bond motifs is 1. The zero-order valence-corrected chi connectivity index (χ0v) is 22.9. The third-order valence-electron chi connectivity index (χ3n) is 7.47. The van der Waals surface area contributed by atoms with Crippen LogP contribution in [0.4, 0.5) is 36.1 Å². The molecule has 1 amide bonds. The average Bonchev–Trinajstić information content (AvgIpc) is 3.39. The highest BCUT2D eigenvalue weighted by molar-refractivity contribution is 6.05. The lowest BCUT2D eigenvalue weighted by Gasteiger charge is -2.34. The van der Waals surface area contributed by atoms with Crippen LogP contribution in [-0.4, -0.2) is 54.2 Å². The van der Waals surface area contributed by atoms with Crippen LogP contribution in [-0.2, 0) is 6.18 Å². The van der Waals surface area contributed by atoms with Crippen molar-refractivity contribution in [2.45, 2.75) is 6.18 Å². The molecule has 0 bridgehead atoms. The molecule has 3 N–H and O–H groups in total. The molecule has 214 valence electrons. The van der Waals surface area contributed by atoms with E-state index in [0.29, 0.717) is 11.4 Å². The molecular formula is C32H29F3N6O. The molecule has 5 aromatic rings. The Balaban J connectivity index is 1.16. The number of anilines is 4. The maximum absolute atomic E-state index is 13.1. The molecule has 7 nitrogen and oxygen atoms in total. The van der Waals surface area contributed by atoms with Crippen LogP contribution in [0.1, 0.15) is 15.9 Å². The minimum absolute atomic E-state index is 0.0769. The Hall–Kier alpha value is -4.83. The molecule has 0 aliphatic carbocycles. The van der Waals surface area contributed by atoms with Crippen LogP contribution in [0, 0.1) is 0 Å². The van der Waals surface area contributed by atoms with E-state index in [-0.39, 0.29) is 5.69 Å². The molecule has 1 aliphatic rings. The Bertz CT molecular complexity index is 1720. The SMILES string of the molecule is CN1CCN(c2ccc(Nc3n[nH]c4cc(-c5cccc(C(=O)Nc6cccc(C(F)(F)F)c6)c5)ccc34)cc2)CC1. The first-order valence-electron chi connectivity index (χ1n) is 13.6. The van der Waals surface area contributed by atoms with Gasteiger partial charge in [-0.2, -0.15) is 18.3 Å². The molecule has 1 fully saturated rings. The molecule has 2 heterocycles. The molecule has 0 atom stereocenters. The topological polar surface area (TPSA) is 76.3 Å². The van der Waals surface area contributed by atoms with E-state index < -0.39 is 17.6 Å². The smallest absolute Gasteiger partial charge is 0.369 e. The highest BCUT2D eigenvalue weighted by Crippen LogP contribution is 2.32. The van der Waals surface area contributed by atoms with Gasteiger partial charge in [0.1, 0.15) is 0 Å². The van der Waals surface area contributed by atoms with Crippen molar-refractivity contribution in [2.75, 3.05) is 48.8 Å². The normalized spacial score (nSPS) is 14.2. The molecule has 1 aromatic heterocycles. The van der Waals surface area contributed by atoms with Gasteiger partial charge in [0.15, 0.2) is 5.82 Å². The number of hydrogen-bond donors (Lipinski definition) is 3. The Kier molecular flexibility index (Phi) is 7.30. The van der Waals surface area contributed by atoms with Gasteiger partial charge in [-0.1, -0.05) is 24.3 Å². The van der Waals surface area contributed by atoms with Gasteiger partial charge in [0, 0.05) is 54.2 Å². The zero-order valence-electron chi connectivity index (χ0n) is 22.9. The average molecular weight is 571 g/mol. The summed E-state index contributed by atoms with van der Waals surface area (Å²) in [5, 5.41) is 14.4. The van der Waals surface area contributed by atoms with Crippen LogP contribution in [0.2, 0.25) is 0 Å². The van der Waals surface area contributed by atoms with E-state index in [1.165, 1.54) is 17.8 Å². The lowest BCUT2D eigenvalue weighted by Crippen LogP contribution is -2.44. The molecule has 42 heavy (non-hydrogen) atoms. The van der Waals surface area contributed by atoms with E-state index >= 15 is 0 Å². The largest absolute Gasteiger partial charge is 0.416 e. The molecule has 0 radical (unpaired) electrons. The van der Waals surface area contributed by atoms with Crippen LogP contribution in [0.3, 0.4) is 0 Å². The number of alkyl halides is 3. The fraction of sp³-hybridized carbons (Fsp3) is 0.188. The van der Waals surface area contributed by atoms with E-state index in [1.54, 1.807) is 18.2 Å². The van der Waals surface area contributed by atoms with Crippen molar-refractivity contribution in [1.29, 1.82) is 0 Å². The summed E-state index contributed by atoms with van der Waals surface area (Å²) in [6, 6.07) is 25.7. The number of aromatic amines is 1. The molecule has 0 unspecified atom stereocenters. The minimum Gasteiger partial charge on any atom is -0.369 e. The summed E-state index contributed by atoms with van der Waals surface area (Å²) in [5.41, 5.74) is 4.20. The number of hydrogen-bond acceptors (Lipinski definition) is 5. The van der Waals surface area contributed by atoms with E-state index in [9.17, 15) is 18.0 Å². The Morgan fingerprint density at radius 3 is 2.33 bits per heavy atom.